The summed E-state index contributed by atoms with van der Waals surface area (Å²) in [4.78, 5) is 11.6. The second-order valence-electron chi connectivity index (χ2n) is 4.22. The summed E-state index contributed by atoms with van der Waals surface area (Å²) in [6.07, 6.45) is 2.32. The minimum absolute atomic E-state index is 0.0939. The molecule has 0 spiro atoms. The van der Waals surface area contributed by atoms with Crippen molar-refractivity contribution in [1.82, 2.24) is 10.5 Å². The van der Waals surface area contributed by atoms with Gasteiger partial charge in [0, 0.05) is 17.6 Å². The Labute approximate surface area is 121 Å². The molecule has 0 aliphatic heterocycles. The number of aromatic nitrogens is 1. The fraction of sp³-hybridized carbons (Fsp3) is 0.286. The number of amides is 1. The summed E-state index contributed by atoms with van der Waals surface area (Å²) < 4.78 is 9.75. The molecule has 0 radical (unpaired) electrons. The van der Waals surface area contributed by atoms with Crippen molar-refractivity contribution in [2.75, 3.05) is 13.7 Å². The van der Waals surface area contributed by atoms with Gasteiger partial charge in [-0.2, -0.15) is 0 Å². The molecule has 0 unspecified atom stereocenters. The van der Waals surface area contributed by atoms with Gasteiger partial charge < -0.3 is 14.6 Å². The van der Waals surface area contributed by atoms with E-state index in [2.05, 4.69) is 15.0 Å². The highest BCUT2D eigenvalue weighted by molar-refractivity contribution is 6.31. The lowest BCUT2D eigenvalue weighted by molar-refractivity contribution is -0.120. The summed E-state index contributed by atoms with van der Waals surface area (Å²) in [7, 11) is 1.59. The predicted octanol–water partition coefficient (Wildman–Crippen LogP) is 2.24. The minimum Gasteiger partial charge on any atom is -0.497 e. The van der Waals surface area contributed by atoms with Crippen molar-refractivity contribution >= 4 is 17.5 Å². The van der Waals surface area contributed by atoms with Gasteiger partial charge in [-0.25, -0.2) is 0 Å². The van der Waals surface area contributed by atoms with Crippen LogP contribution < -0.4 is 10.1 Å². The lowest BCUT2D eigenvalue weighted by Gasteiger charge is -2.07. The van der Waals surface area contributed by atoms with Crippen molar-refractivity contribution < 1.29 is 14.1 Å². The van der Waals surface area contributed by atoms with Crippen LogP contribution in [0.4, 0.5) is 0 Å². The highest BCUT2D eigenvalue weighted by Gasteiger charge is 2.06. The molecule has 1 aromatic heterocycles. The van der Waals surface area contributed by atoms with Gasteiger partial charge in [0.15, 0.2) is 0 Å². The average molecular weight is 295 g/mol. The van der Waals surface area contributed by atoms with Gasteiger partial charge in [-0.1, -0.05) is 22.8 Å². The molecule has 6 heteroatoms. The Balaban J connectivity index is 1.79. The van der Waals surface area contributed by atoms with Crippen LogP contribution in [0.3, 0.4) is 0 Å². The topological polar surface area (TPSA) is 64.4 Å². The van der Waals surface area contributed by atoms with E-state index in [4.69, 9.17) is 16.3 Å². The number of carbonyl (C=O) groups is 1. The third-order valence-electron chi connectivity index (χ3n) is 2.81. The van der Waals surface area contributed by atoms with Crippen molar-refractivity contribution in [2.24, 2.45) is 0 Å². The van der Waals surface area contributed by atoms with E-state index in [-0.39, 0.29) is 12.3 Å². The number of rotatable bonds is 6. The second kappa shape index (κ2) is 6.96. The third-order valence-corrected chi connectivity index (χ3v) is 3.16. The molecule has 1 amide bonds. The molecule has 0 aliphatic carbocycles. The zero-order valence-electron chi connectivity index (χ0n) is 11.1. The smallest absolute Gasteiger partial charge is 0.226 e. The Hall–Kier alpha value is -2.01. The van der Waals surface area contributed by atoms with Crippen LogP contribution in [-0.2, 0) is 17.6 Å². The molecule has 1 aromatic carbocycles. The van der Waals surface area contributed by atoms with E-state index in [9.17, 15) is 4.79 Å². The maximum Gasteiger partial charge on any atom is 0.226 e. The van der Waals surface area contributed by atoms with Crippen LogP contribution in [-0.4, -0.2) is 24.7 Å². The molecule has 0 atom stereocenters. The van der Waals surface area contributed by atoms with Gasteiger partial charge in [-0.05, 0) is 24.1 Å². The molecule has 0 saturated carbocycles. The molecule has 0 fully saturated rings. The van der Waals surface area contributed by atoms with Crippen LogP contribution in [0.15, 0.2) is 35.1 Å². The van der Waals surface area contributed by atoms with E-state index >= 15 is 0 Å². The zero-order valence-corrected chi connectivity index (χ0v) is 11.8. The first-order valence-corrected chi connectivity index (χ1v) is 6.55. The number of nitrogens with one attached hydrogen (secondary N) is 1. The monoisotopic (exact) mass is 294 g/mol. The van der Waals surface area contributed by atoms with Crippen LogP contribution in [0.25, 0.3) is 0 Å². The van der Waals surface area contributed by atoms with E-state index < -0.39 is 0 Å². The molecule has 0 saturated heterocycles. The Morgan fingerprint density at radius 3 is 2.95 bits per heavy atom. The van der Waals surface area contributed by atoms with Crippen molar-refractivity contribution in [3.05, 3.63) is 46.8 Å². The maximum absolute atomic E-state index is 11.6. The lowest BCUT2D eigenvalue weighted by atomic mass is 10.1. The van der Waals surface area contributed by atoms with Gasteiger partial charge >= 0.3 is 0 Å². The number of hydrogen-bond acceptors (Lipinski definition) is 4. The SMILES string of the molecule is COc1ccc(CCNC(=O)Cc2ccon2)c(Cl)c1. The first-order chi connectivity index (χ1) is 9.69. The van der Waals surface area contributed by atoms with E-state index in [1.165, 1.54) is 6.26 Å². The van der Waals surface area contributed by atoms with Crippen molar-refractivity contribution in [2.45, 2.75) is 12.8 Å². The quantitative estimate of drug-likeness (QED) is 0.887. The number of nitrogens with zero attached hydrogens (tertiary/aromatic N) is 1. The molecule has 2 rings (SSSR count). The normalized spacial score (nSPS) is 10.3. The van der Waals surface area contributed by atoms with Crippen LogP contribution in [0, 0.1) is 0 Å². The highest BCUT2D eigenvalue weighted by Crippen LogP contribution is 2.22. The molecule has 1 N–H and O–H groups in total. The number of ether oxygens (including phenoxy) is 1. The van der Waals surface area contributed by atoms with Crippen LogP contribution in [0.1, 0.15) is 11.3 Å². The van der Waals surface area contributed by atoms with Crippen molar-refractivity contribution in [3.63, 3.8) is 0 Å². The van der Waals surface area contributed by atoms with Gasteiger partial charge in [0.05, 0.1) is 19.2 Å². The number of benzene rings is 1. The molecule has 106 valence electrons. The van der Waals surface area contributed by atoms with Gasteiger partial charge in [0.25, 0.3) is 0 Å². The first-order valence-electron chi connectivity index (χ1n) is 6.17. The molecular formula is C14H15ClN2O3. The summed E-state index contributed by atoms with van der Waals surface area (Å²) in [5, 5.41) is 7.13. The molecular weight excluding hydrogens is 280 g/mol. The average Bonchev–Trinajstić information content (AvgIpc) is 2.93. The standard InChI is InChI=1S/C14H15ClN2O3/c1-19-12-3-2-10(13(15)9-12)4-6-16-14(18)8-11-5-7-20-17-11/h2-3,5,7,9H,4,6,8H2,1H3,(H,16,18). The summed E-state index contributed by atoms with van der Waals surface area (Å²) in [5.41, 5.74) is 1.58. The molecule has 5 nitrogen and oxygen atoms in total. The van der Waals surface area contributed by atoms with Gasteiger partial charge in [-0.15, -0.1) is 0 Å². The Morgan fingerprint density at radius 1 is 1.45 bits per heavy atom. The first kappa shape index (κ1) is 14.4. The summed E-state index contributed by atoms with van der Waals surface area (Å²) in [6, 6.07) is 7.16. The molecule has 20 heavy (non-hydrogen) atoms. The Bertz CT molecular complexity index is 570. The summed E-state index contributed by atoms with van der Waals surface area (Å²) >= 11 is 6.12. The Morgan fingerprint density at radius 2 is 2.30 bits per heavy atom. The largest absolute Gasteiger partial charge is 0.497 e. The van der Waals surface area contributed by atoms with Crippen molar-refractivity contribution in [3.8, 4) is 5.75 Å². The number of halogens is 1. The third kappa shape index (κ3) is 3.99. The van der Waals surface area contributed by atoms with Crippen LogP contribution in [0.2, 0.25) is 5.02 Å². The number of methoxy groups -OCH3 is 1. The fourth-order valence-corrected chi connectivity index (χ4v) is 2.02. The van der Waals surface area contributed by atoms with Crippen LogP contribution in [0.5, 0.6) is 5.75 Å². The zero-order chi connectivity index (χ0) is 14.4. The molecule has 2 aromatic rings. The maximum atomic E-state index is 11.6. The van der Waals surface area contributed by atoms with Crippen LogP contribution >= 0.6 is 11.6 Å². The number of hydrogen-bond donors (Lipinski definition) is 1. The predicted molar refractivity (Wildman–Crippen MR) is 74.9 cm³/mol. The molecule has 1 heterocycles. The highest BCUT2D eigenvalue weighted by atomic mass is 35.5. The van der Waals surface area contributed by atoms with Gasteiger partial charge in [-0.3, -0.25) is 4.79 Å². The molecule has 0 bridgehead atoms. The van der Waals surface area contributed by atoms with E-state index in [0.29, 0.717) is 29.4 Å². The molecule has 0 aliphatic rings. The van der Waals surface area contributed by atoms with E-state index in [1.807, 2.05) is 12.1 Å². The van der Waals surface area contributed by atoms with E-state index in [1.54, 1.807) is 19.2 Å². The summed E-state index contributed by atoms with van der Waals surface area (Å²) in [5.74, 6) is 0.623. The second-order valence-corrected chi connectivity index (χ2v) is 4.63. The lowest BCUT2D eigenvalue weighted by Crippen LogP contribution is -2.27. The van der Waals surface area contributed by atoms with E-state index in [0.717, 1.165) is 5.56 Å². The number of carbonyl (C=O) groups excluding carboxylic acids is 1. The summed E-state index contributed by atoms with van der Waals surface area (Å²) in [6.45, 7) is 0.517. The Kier molecular flexibility index (Phi) is 5.01. The van der Waals surface area contributed by atoms with Crippen molar-refractivity contribution in [1.29, 1.82) is 0 Å². The van der Waals surface area contributed by atoms with Gasteiger partial charge in [0.1, 0.15) is 12.0 Å². The fourth-order valence-electron chi connectivity index (χ4n) is 1.75. The van der Waals surface area contributed by atoms with Gasteiger partial charge in [0.2, 0.25) is 5.91 Å². The minimum atomic E-state index is -0.0939.